The molecule has 0 spiro atoms. The Morgan fingerprint density at radius 1 is 1.18 bits per heavy atom. The fraction of sp³-hybridized carbons (Fsp3) is 0.500. The SMILES string of the molecule is CN1CCN(NC(=O)CCS(=O)(=O)c2ccc(Cl)cc2)CC1. The lowest BCUT2D eigenvalue weighted by Gasteiger charge is -2.32. The molecule has 1 aliphatic heterocycles. The maximum absolute atomic E-state index is 12.1. The summed E-state index contributed by atoms with van der Waals surface area (Å²) in [5.41, 5.74) is 2.75. The van der Waals surface area contributed by atoms with Crippen LogP contribution in [0.15, 0.2) is 29.2 Å². The van der Waals surface area contributed by atoms with Crippen LogP contribution >= 0.6 is 11.6 Å². The molecule has 1 aliphatic rings. The number of hydrogen-bond donors (Lipinski definition) is 1. The van der Waals surface area contributed by atoms with E-state index in [1.165, 1.54) is 24.3 Å². The number of hydrazine groups is 1. The highest BCUT2D eigenvalue weighted by molar-refractivity contribution is 7.91. The molecule has 0 aromatic heterocycles. The summed E-state index contributed by atoms with van der Waals surface area (Å²) in [7, 11) is -1.44. The molecule has 1 heterocycles. The predicted molar refractivity (Wildman–Crippen MR) is 85.3 cm³/mol. The van der Waals surface area contributed by atoms with Crippen LogP contribution in [0.3, 0.4) is 0 Å². The molecule has 0 atom stereocenters. The van der Waals surface area contributed by atoms with Gasteiger partial charge in [-0.2, -0.15) is 0 Å². The number of rotatable bonds is 5. The molecule has 1 aromatic rings. The van der Waals surface area contributed by atoms with Crippen LogP contribution in [0.2, 0.25) is 5.02 Å². The Morgan fingerprint density at radius 3 is 2.36 bits per heavy atom. The van der Waals surface area contributed by atoms with Gasteiger partial charge in [0.1, 0.15) is 0 Å². The first-order valence-corrected chi connectivity index (χ1v) is 9.11. The van der Waals surface area contributed by atoms with Gasteiger partial charge < -0.3 is 4.90 Å². The van der Waals surface area contributed by atoms with E-state index in [1.807, 2.05) is 12.1 Å². The molecule has 0 saturated carbocycles. The van der Waals surface area contributed by atoms with E-state index in [4.69, 9.17) is 11.6 Å². The second-order valence-electron chi connectivity index (χ2n) is 5.35. The first-order chi connectivity index (χ1) is 10.4. The molecule has 0 aliphatic carbocycles. The second-order valence-corrected chi connectivity index (χ2v) is 7.89. The van der Waals surface area contributed by atoms with Crippen LogP contribution in [0.5, 0.6) is 0 Å². The number of benzene rings is 1. The third-order valence-corrected chi connectivity index (χ3v) is 5.54. The smallest absolute Gasteiger partial charge is 0.235 e. The topological polar surface area (TPSA) is 69.7 Å². The van der Waals surface area contributed by atoms with Crippen LogP contribution in [-0.2, 0) is 14.6 Å². The third-order valence-electron chi connectivity index (χ3n) is 3.56. The molecule has 0 radical (unpaired) electrons. The number of piperazine rings is 1. The van der Waals surface area contributed by atoms with E-state index in [2.05, 4.69) is 10.3 Å². The van der Waals surface area contributed by atoms with Crippen molar-refractivity contribution in [2.24, 2.45) is 0 Å². The fourth-order valence-corrected chi connectivity index (χ4v) is 3.50. The summed E-state index contributed by atoms with van der Waals surface area (Å²) >= 11 is 5.74. The molecule has 1 fully saturated rings. The molecule has 0 unspecified atom stereocenters. The second kappa shape index (κ2) is 7.41. The predicted octanol–water partition coefficient (Wildman–Crippen LogP) is 0.782. The van der Waals surface area contributed by atoms with Crippen molar-refractivity contribution >= 4 is 27.3 Å². The molecule has 6 nitrogen and oxygen atoms in total. The van der Waals surface area contributed by atoms with E-state index in [0.717, 1.165) is 26.2 Å². The Labute approximate surface area is 135 Å². The van der Waals surface area contributed by atoms with Gasteiger partial charge in [0.25, 0.3) is 0 Å². The number of amides is 1. The fourth-order valence-electron chi connectivity index (χ4n) is 2.14. The van der Waals surface area contributed by atoms with Gasteiger partial charge in [-0.15, -0.1) is 0 Å². The highest BCUT2D eigenvalue weighted by Gasteiger charge is 2.19. The van der Waals surface area contributed by atoms with E-state index in [1.54, 1.807) is 0 Å². The zero-order valence-corrected chi connectivity index (χ0v) is 14.0. The molecular formula is C14H20ClN3O3S. The summed E-state index contributed by atoms with van der Waals surface area (Å²) in [5.74, 6) is -0.490. The van der Waals surface area contributed by atoms with Gasteiger partial charge >= 0.3 is 0 Å². The average Bonchev–Trinajstić information content (AvgIpc) is 2.48. The number of sulfone groups is 1. The normalized spacial score (nSPS) is 17.4. The lowest BCUT2D eigenvalue weighted by molar-refractivity contribution is -0.126. The molecule has 1 amide bonds. The van der Waals surface area contributed by atoms with Crippen molar-refractivity contribution in [1.29, 1.82) is 0 Å². The number of likely N-dealkylation sites (N-methyl/N-ethyl adjacent to an activating group) is 1. The maximum atomic E-state index is 12.1. The largest absolute Gasteiger partial charge is 0.304 e. The zero-order chi connectivity index (χ0) is 16.2. The lowest BCUT2D eigenvalue weighted by atomic mass is 10.4. The zero-order valence-electron chi connectivity index (χ0n) is 12.5. The number of carbonyl (C=O) groups is 1. The Balaban J connectivity index is 1.83. The number of nitrogens with zero attached hydrogens (tertiary/aromatic N) is 2. The van der Waals surface area contributed by atoms with Crippen molar-refractivity contribution in [2.75, 3.05) is 39.0 Å². The van der Waals surface area contributed by atoms with E-state index in [-0.39, 0.29) is 23.0 Å². The standard InChI is InChI=1S/C14H20ClN3O3S/c1-17-7-9-18(10-8-17)16-14(19)6-11-22(20,21)13-4-2-12(15)3-5-13/h2-5H,6-11H2,1H3,(H,16,19). The summed E-state index contributed by atoms with van der Waals surface area (Å²) in [6.45, 7) is 3.24. The van der Waals surface area contributed by atoms with Crippen molar-refractivity contribution in [3.8, 4) is 0 Å². The molecule has 0 bridgehead atoms. The lowest BCUT2D eigenvalue weighted by Crippen LogP contribution is -2.52. The molecule has 122 valence electrons. The van der Waals surface area contributed by atoms with Gasteiger partial charge in [0.05, 0.1) is 10.6 Å². The number of nitrogens with one attached hydrogen (secondary N) is 1. The van der Waals surface area contributed by atoms with E-state index < -0.39 is 9.84 Å². The Kier molecular flexibility index (Phi) is 5.80. The number of hydrogen-bond acceptors (Lipinski definition) is 5. The van der Waals surface area contributed by atoms with Crippen LogP contribution in [0.1, 0.15) is 6.42 Å². The number of carbonyl (C=O) groups excluding carboxylic acids is 1. The summed E-state index contributed by atoms with van der Waals surface area (Å²) in [5, 5.41) is 2.31. The molecule has 1 saturated heterocycles. The van der Waals surface area contributed by atoms with Gasteiger partial charge in [0, 0.05) is 37.6 Å². The van der Waals surface area contributed by atoms with E-state index in [0.29, 0.717) is 5.02 Å². The van der Waals surface area contributed by atoms with Crippen LogP contribution < -0.4 is 5.43 Å². The van der Waals surface area contributed by atoms with Crippen LogP contribution in [-0.4, -0.2) is 63.2 Å². The molecular weight excluding hydrogens is 326 g/mol. The van der Waals surface area contributed by atoms with Crippen LogP contribution in [0.25, 0.3) is 0 Å². The average molecular weight is 346 g/mol. The first-order valence-electron chi connectivity index (χ1n) is 7.08. The molecule has 8 heteroatoms. The van der Waals surface area contributed by atoms with Gasteiger partial charge in [-0.3, -0.25) is 10.2 Å². The highest BCUT2D eigenvalue weighted by Crippen LogP contribution is 2.16. The van der Waals surface area contributed by atoms with Crippen molar-refractivity contribution in [2.45, 2.75) is 11.3 Å². The summed E-state index contributed by atoms with van der Waals surface area (Å²) in [6, 6.07) is 5.96. The molecule has 1 N–H and O–H groups in total. The molecule has 22 heavy (non-hydrogen) atoms. The highest BCUT2D eigenvalue weighted by atomic mass is 35.5. The minimum Gasteiger partial charge on any atom is -0.304 e. The van der Waals surface area contributed by atoms with Crippen LogP contribution in [0.4, 0.5) is 0 Å². The molecule has 2 rings (SSSR count). The number of halogens is 1. The van der Waals surface area contributed by atoms with Gasteiger partial charge in [-0.1, -0.05) is 11.6 Å². The Bertz CT molecular complexity index is 611. The van der Waals surface area contributed by atoms with E-state index in [9.17, 15) is 13.2 Å². The minimum atomic E-state index is -3.47. The maximum Gasteiger partial charge on any atom is 0.235 e. The van der Waals surface area contributed by atoms with Gasteiger partial charge in [-0.25, -0.2) is 13.4 Å². The van der Waals surface area contributed by atoms with Crippen molar-refractivity contribution in [3.63, 3.8) is 0 Å². The summed E-state index contributed by atoms with van der Waals surface area (Å²) < 4.78 is 24.3. The van der Waals surface area contributed by atoms with Gasteiger partial charge in [0.15, 0.2) is 9.84 Å². The monoisotopic (exact) mass is 345 g/mol. The molecule has 1 aromatic carbocycles. The van der Waals surface area contributed by atoms with Crippen molar-refractivity contribution < 1.29 is 13.2 Å². The Hall–Kier alpha value is -1.15. The van der Waals surface area contributed by atoms with Crippen molar-refractivity contribution in [1.82, 2.24) is 15.3 Å². The third kappa shape index (κ3) is 4.95. The van der Waals surface area contributed by atoms with Gasteiger partial charge in [0.2, 0.25) is 5.91 Å². The summed E-state index contributed by atoms with van der Waals surface area (Å²) in [4.78, 5) is 14.2. The first kappa shape index (κ1) is 17.2. The Morgan fingerprint density at radius 2 is 1.77 bits per heavy atom. The van der Waals surface area contributed by atoms with Crippen LogP contribution in [0, 0.1) is 0 Å². The van der Waals surface area contributed by atoms with Crippen molar-refractivity contribution in [3.05, 3.63) is 29.3 Å². The van der Waals surface area contributed by atoms with E-state index >= 15 is 0 Å². The van der Waals surface area contributed by atoms with Gasteiger partial charge in [-0.05, 0) is 31.3 Å². The minimum absolute atomic E-state index is 0.0582. The summed E-state index contributed by atoms with van der Waals surface area (Å²) in [6.07, 6.45) is -0.0582. The quantitative estimate of drug-likeness (QED) is 0.854.